The number of hydrogen-bond acceptors (Lipinski definition) is 6. The molecule has 0 aliphatic carbocycles. The van der Waals surface area contributed by atoms with Gasteiger partial charge >= 0.3 is 0 Å². The Morgan fingerprint density at radius 1 is 0.875 bits per heavy atom. The second kappa shape index (κ2) is 9.76. The van der Waals surface area contributed by atoms with Gasteiger partial charge in [-0.05, 0) is 60.4 Å². The molecular formula is C24H23N3O4S. The van der Waals surface area contributed by atoms with Crippen LogP contribution >= 0.6 is 0 Å². The predicted molar refractivity (Wildman–Crippen MR) is 121 cm³/mol. The standard InChI is InChI=1S/C24H23N3O4S/c1-30-23-13-11-22(12-14-23)27-18-21(25-26-27)8-5-17-31-32(28,29)24-15-9-20(10-16-24)19-6-3-2-4-7-19/h2-4,6-7,9-16,18H,5,8,17H2,1H3. The van der Waals surface area contributed by atoms with Crippen molar-refractivity contribution in [3.63, 3.8) is 0 Å². The molecule has 7 nitrogen and oxygen atoms in total. The zero-order chi connectivity index (χ0) is 22.4. The highest BCUT2D eigenvalue weighted by Gasteiger charge is 2.15. The number of hydrogen-bond donors (Lipinski definition) is 0. The summed E-state index contributed by atoms with van der Waals surface area (Å²) in [5.74, 6) is 0.766. The van der Waals surface area contributed by atoms with Gasteiger partial charge in [0, 0.05) is 0 Å². The summed E-state index contributed by atoms with van der Waals surface area (Å²) >= 11 is 0. The summed E-state index contributed by atoms with van der Waals surface area (Å²) in [6.45, 7) is 0.0676. The van der Waals surface area contributed by atoms with E-state index >= 15 is 0 Å². The van der Waals surface area contributed by atoms with Crippen molar-refractivity contribution in [1.82, 2.24) is 15.0 Å². The van der Waals surface area contributed by atoms with Crippen molar-refractivity contribution >= 4 is 10.1 Å². The number of rotatable bonds is 9. The fraction of sp³-hybridized carbons (Fsp3) is 0.167. The highest BCUT2D eigenvalue weighted by atomic mass is 32.2. The first-order valence-corrected chi connectivity index (χ1v) is 11.6. The van der Waals surface area contributed by atoms with E-state index in [1.54, 1.807) is 36.1 Å². The number of benzene rings is 3. The van der Waals surface area contributed by atoms with Gasteiger partial charge in [0.25, 0.3) is 10.1 Å². The Labute approximate surface area is 187 Å². The minimum Gasteiger partial charge on any atom is -0.497 e. The normalized spacial score (nSPS) is 11.4. The molecule has 0 aliphatic heterocycles. The van der Waals surface area contributed by atoms with Gasteiger partial charge in [-0.3, -0.25) is 4.18 Å². The van der Waals surface area contributed by atoms with E-state index in [9.17, 15) is 8.42 Å². The minimum atomic E-state index is -3.81. The molecule has 4 aromatic rings. The van der Waals surface area contributed by atoms with Crippen LogP contribution in [0.3, 0.4) is 0 Å². The van der Waals surface area contributed by atoms with Gasteiger partial charge in [0.15, 0.2) is 0 Å². The van der Waals surface area contributed by atoms with Gasteiger partial charge in [-0.1, -0.05) is 47.7 Å². The SMILES string of the molecule is COc1ccc(-n2cc(CCCOS(=O)(=O)c3ccc(-c4ccccc4)cc3)nn2)cc1. The molecule has 0 fully saturated rings. The highest BCUT2D eigenvalue weighted by molar-refractivity contribution is 7.86. The molecule has 0 atom stereocenters. The summed E-state index contributed by atoms with van der Waals surface area (Å²) in [6.07, 6.45) is 2.87. The zero-order valence-corrected chi connectivity index (χ0v) is 18.4. The van der Waals surface area contributed by atoms with E-state index in [1.807, 2.05) is 60.8 Å². The van der Waals surface area contributed by atoms with Crippen molar-refractivity contribution in [2.75, 3.05) is 13.7 Å². The van der Waals surface area contributed by atoms with Crippen LogP contribution in [0.1, 0.15) is 12.1 Å². The molecule has 0 spiro atoms. The van der Waals surface area contributed by atoms with E-state index < -0.39 is 10.1 Å². The summed E-state index contributed by atoms with van der Waals surface area (Å²) < 4.78 is 37.0. The molecule has 0 unspecified atom stereocenters. The monoisotopic (exact) mass is 449 g/mol. The third-order valence-electron chi connectivity index (χ3n) is 4.94. The smallest absolute Gasteiger partial charge is 0.296 e. The van der Waals surface area contributed by atoms with Gasteiger partial charge < -0.3 is 4.74 Å². The maximum atomic E-state index is 12.5. The van der Waals surface area contributed by atoms with Crippen LogP contribution < -0.4 is 4.74 Å². The first-order chi connectivity index (χ1) is 15.5. The fourth-order valence-electron chi connectivity index (χ4n) is 3.21. The van der Waals surface area contributed by atoms with E-state index in [0.717, 1.165) is 28.3 Å². The summed E-state index contributed by atoms with van der Waals surface area (Å²) in [4.78, 5) is 0.141. The fourth-order valence-corrected chi connectivity index (χ4v) is 4.15. The third kappa shape index (κ3) is 5.22. The zero-order valence-electron chi connectivity index (χ0n) is 17.6. The van der Waals surface area contributed by atoms with Gasteiger partial charge in [0.1, 0.15) is 5.75 Å². The predicted octanol–water partition coefficient (Wildman–Crippen LogP) is 4.28. The van der Waals surface area contributed by atoms with Gasteiger partial charge in [-0.15, -0.1) is 5.10 Å². The van der Waals surface area contributed by atoms with E-state index in [1.165, 1.54) is 0 Å². The third-order valence-corrected chi connectivity index (χ3v) is 6.27. The molecule has 0 aliphatic rings. The first kappa shape index (κ1) is 21.7. The van der Waals surface area contributed by atoms with Gasteiger partial charge in [0.2, 0.25) is 0 Å². The molecule has 4 rings (SSSR count). The quantitative estimate of drug-likeness (QED) is 0.280. The molecule has 0 bridgehead atoms. The molecule has 0 saturated heterocycles. The summed E-state index contributed by atoms with van der Waals surface area (Å²) in [7, 11) is -2.20. The van der Waals surface area contributed by atoms with Crippen molar-refractivity contribution in [2.45, 2.75) is 17.7 Å². The molecule has 32 heavy (non-hydrogen) atoms. The van der Waals surface area contributed by atoms with Crippen molar-refractivity contribution in [3.05, 3.63) is 90.8 Å². The molecule has 0 N–H and O–H groups in total. The van der Waals surface area contributed by atoms with Crippen LogP contribution in [0.2, 0.25) is 0 Å². The second-order valence-corrected chi connectivity index (χ2v) is 8.74. The second-order valence-electron chi connectivity index (χ2n) is 7.12. The number of aromatic nitrogens is 3. The molecular weight excluding hydrogens is 426 g/mol. The Balaban J connectivity index is 1.30. The van der Waals surface area contributed by atoms with Crippen molar-refractivity contribution < 1.29 is 17.3 Å². The first-order valence-electron chi connectivity index (χ1n) is 10.2. The van der Waals surface area contributed by atoms with Crippen LogP contribution in [-0.4, -0.2) is 37.1 Å². The molecule has 0 saturated carbocycles. The van der Waals surface area contributed by atoms with Crippen LogP contribution in [0.5, 0.6) is 5.75 Å². The maximum absolute atomic E-state index is 12.5. The molecule has 8 heteroatoms. The molecule has 0 radical (unpaired) electrons. The summed E-state index contributed by atoms with van der Waals surface area (Å²) in [6, 6.07) is 23.9. The topological polar surface area (TPSA) is 83.3 Å². The Bertz CT molecular complexity index is 1250. The number of methoxy groups -OCH3 is 1. The van der Waals surface area contributed by atoms with Crippen LogP contribution in [-0.2, 0) is 20.7 Å². The van der Waals surface area contributed by atoms with Crippen molar-refractivity contribution in [2.24, 2.45) is 0 Å². The Morgan fingerprint density at radius 2 is 1.56 bits per heavy atom. The van der Waals surface area contributed by atoms with Crippen LogP contribution in [0.25, 0.3) is 16.8 Å². The lowest BCUT2D eigenvalue weighted by Crippen LogP contribution is -2.08. The average Bonchev–Trinajstić information content (AvgIpc) is 3.31. The lowest BCUT2D eigenvalue weighted by atomic mass is 10.1. The summed E-state index contributed by atoms with van der Waals surface area (Å²) in [5, 5.41) is 8.26. The molecule has 164 valence electrons. The molecule has 1 heterocycles. The Morgan fingerprint density at radius 3 is 2.25 bits per heavy atom. The number of ether oxygens (including phenoxy) is 1. The minimum absolute atomic E-state index is 0.0676. The number of aryl methyl sites for hydroxylation is 1. The maximum Gasteiger partial charge on any atom is 0.296 e. The Hall–Kier alpha value is -3.49. The number of nitrogens with zero attached hydrogens (tertiary/aromatic N) is 3. The van der Waals surface area contributed by atoms with Crippen molar-refractivity contribution in [3.8, 4) is 22.6 Å². The van der Waals surface area contributed by atoms with Crippen LogP contribution in [0.15, 0.2) is 90.0 Å². The van der Waals surface area contributed by atoms with Gasteiger partial charge in [-0.25, -0.2) is 4.68 Å². The molecule has 1 aromatic heterocycles. The average molecular weight is 450 g/mol. The Kier molecular flexibility index (Phi) is 6.63. The van der Waals surface area contributed by atoms with E-state index in [4.69, 9.17) is 8.92 Å². The van der Waals surface area contributed by atoms with Gasteiger partial charge in [-0.2, -0.15) is 8.42 Å². The van der Waals surface area contributed by atoms with E-state index in [-0.39, 0.29) is 11.5 Å². The van der Waals surface area contributed by atoms with Crippen molar-refractivity contribution in [1.29, 1.82) is 0 Å². The summed E-state index contributed by atoms with van der Waals surface area (Å²) in [5.41, 5.74) is 3.60. The highest BCUT2D eigenvalue weighted by Crippen LogP contribution is 2.22. The molecule has 3 aromatic carbocycles. The van der Waals surface area contributed by atoms with Crippen LogP contribution in [0.4, 0.5) is 0 Å². The lowest BCUT2D eigenvalue weighted by molar-refractivity contribution is 0.312. The largest absolute Gasteiger partial charge is 0.497 e. The lowest BCUT2D eigenvalue weighted by Gasteiger charge is -2.07. The molecule has 0 amide bonds. The van der Waals surface area contributed by atoms with Crippen LogP contribution in [0, 0.1) is 0 Å². The van der Waals surface area contributed by atoms with Gasteiger partial charge in [0.05, 0.1) is 36.2 Å². The van der Waals surface area contributed by atoms with E-state index in [0.29, 0.717) is 12.8 Å². The van der Waals surface area contributed by atoms with E-state index in [2.05, 4.69) is 10.3 Å².